The summed E-state index contributed by atoms with van der Waals surface area (Å²) in [7, 11) is 0. The van der Waals surface area contributed by atoms with Crippen LogP contribution >= 0.6 is 11.6 Å². The second kappa shape index (κ2) is 7.93. The van der Waals surface area contributed by atoms with Crippen molar-refractivity contribution in [1.29, 1.82) is 0 Å². The lowest BCUT2D eigenvalue weighted by Crippen LogP contribution is -2.47. The molecule has 2 rings (SSSR count). The number of benzene rings is 1. The van der Waals surface area contributed by atoms with Gasteiger partial charge in [0.2, 0.25) is 5.91 Å². The zero-order valence-corrected chi connectivity index (χ0v) is 14.6. The number of aromatic nitrogens is 1. The molecule has 0 radical (unpaired) electrons. The molecule has 0 aliphatic carbocycles. The molecule has 24 heavy (non-hydrogen) atoms. The van der Waals surface area contributed by atoms with Crippen molar-refractivity contribution in [1.82, 2.24) is 10.3 Å². The number of rotatable bonds is 5. The number of amides is 2. The maximum Gasteiger partial charge on any atom is 0.252 e. The van der Waals surface area contributed by atoms with E-state index >= 15 is 0 Å². The zero-order chi connectivity index (χ0) is 17.7. The van der Waals surface area contributed by atoms with E-state index in [4.69, 9.17) is 11.6 Å². The Morgan fingerprint density at radius 2 is 1.83 bits per heavy atom. The maximum atomic E-state index is 12.5. The number of pyridine rings is 1. The van der Waals surface area contributed by atoms with E-state index in [1.54, 1.807) is 24.3 Å². The van der Waals surface area contributed by atoms with Gasteiger partial charge in [-0.15, -0.1) is 0 Å². The molecule has 1 aromatic carbocycles. The van der Waals surface area contributed by atoms with Crippen LogP contribution in [0.25, 0.3) is 0 Å². The van der Waals surface area contributed by atoms with Crippen LogP contribution in [-0.4, -0.2) is 22.8 Å². The van der Waals surface area contributed by atoms with E-state index in [9.17, 15) is 9.59 Å². The highest BCUT2D eigenvalue weighted by molar-refractivity contribution is 6.33. The third-order valence-electron chi connectivity index (χ3n) is 3.63. The first-order chi connectivity index (χ1) is 11.4. The Morgan fingerprint density at radius 1 is 1.12 bits per heavy atom. The van der Waals surface area contributed by atoms with Crippen LogP contribution < -0.4 is 10.6 Å². The van der Waals surface area contributed by atoms with Crippen molar-refractivity contribution < 1.29 is 9.59 Å². The van der Waals surface area contributed by atoms with E-state index in [1.807, 2.05) is 32.9 Å². The maximum absolute atomic E-state index is 12.5. The van der Waals surface area contributed by atoms with Crippen molar-refractivity contribution >= 4 is 29.2 Å². The molecule has 5 nitrogen and oxygen atoms in total. The number of nitrogens with one attached hydrogen (secondary N) is 2. The van der Waals surface area contributed by atoms with Gasteiger partial charge in [0, 0.05) is 11.8 Å². The molecule has 0 saturated carbocycles. The lowest BCUT2D eigenvalue weighted by Gasteiger charge is -2.22. The summed E-state index contributed by atoms with van der Waals surface area (Å²) in [6.45, 7) is 5.58. The average molecular weight is 346 g/mol. The molecule has 2 amide bonds. The molecular weight excluding hydrogens is 326 g/mol. The minimum Gasteiger partial charge on any atom is -0.340 e. The van der Waals surface area contributed by atoms with Gasteiger partial charge in [-0.3, -0.25) is 9.59 Å². The number of nitrogens with zero attached hydrogens (tertiary/aromatic N) is 1. The number of hydrogen-bond donors (Lipinski definition) is 2. The van der Waals surface area contributed by atoms with E-state index in [0.29, 0.717) is 10.6 Å². The zero-order valence-electron chi connectivity index (χ0n) is 13.8. The lowest BCUT2D eigenvalue weighted by atomic mass is 10.0. The lowest BCUT2D eigenvalue weighted by molar-refractivity contribution is -0.118. The minimum absolute atomic E-state index is 0.0968. The predicted molar refractivity (Wildman–Crippen MR) is 95.1 cm³/mol. The average Bonchev–Trinajstić information content (AvgIpc) is 2.54. The number of carbonyl (C=O) groups excluding carboxylic acids is 2. The van der Waals surface area contributed by atoms with Crippen LogP contribution in [0, 0.1) is 12.8 Å². The Kier molecular flexibility index (Phi) is 5.93. The Morgan fingerprint density at radius 3 is 2.46 bits per heavy atom. The molecule has 1 atom stereocenters. The molecule has 0 spiro atoms. The molecule has 6 heteroatoms. The first-order valence-corrected chi connectivity index (χ1v) is 8.06. The van der Waals surface area contributed by atoms with E-state index < -0.39 is 6.04 Å². The predicted octanol–water partition coefficient (Wildman–Crippen LogP) is 3.44. The van der Waals surface area contributed by atoms with Gasteiger partial charge in [0.25, 0.3) is 5.91 Å². The van der Waals surface area contributed by atoms with E-state index in [1.165, 1.54) is 6.20 Å². The molecule has 0 bridgehead atoms. The van der Waals surface area contributed by atoms with Gasteiger partial charge in [-0.05, 0) is 36.6 Å². The van der Waals surface area contributed by atoms with Gasteiger partial charge in [0.1, 0.15) is 6.04 Å². The van der Waals surface area contributed by atoms with Crippen LogP contribution in [0.4, 0.5) is 5.82 Å². The summed E-state index contributed by atoms with van der Waals surface area (Å²) in [5, 5.41) is 5.80. The molecule has 2 N–H and O–H groups in total. The van der Waals surface area contributed by atoms with Crippen molar-refractivity contribution in [2.24, 2.45) is 5.92 Å². The van der Waals surface area contributed by atoms with E-state index in [2.05, 4.69) is 15.6 Å². The van der Waals surface area contributed by atoms with Crippen LogP contribution in [0.2, 0.25) is 5.02 Å². The molecule has 1 heterocycles. The fraction of sp³-hybridized carbons (Fsp3) is 0.278. The van der Waals surface area contributed by atoms with Crippen LogP contribution in [0.1, 0.15) is 29.8 Å². The molecule has 1 unspecified atom stereocenters. The van der Waals surface area contributed by atoms with Gasteiger partial charge in [0.05, 0.1) is 5.02 Å². The summed E-state index contributed by atoms with van der Waals surface area (Å²) < 4.78 is 0. The SMILES string of the molecule is Cc1ccccc1C(=O)NC(C(=O)Nc1ncccc1Cl)C(C)C. The Balaban J connectivity index is 2.15. The number of hydrogen-bond acceptors (Lipinski definition) is 3. The summed E-state index contributed by atoms with van der Waals surface area (Å²) in [4.78, 5) is 29.0. The van der Waals surface area contributed by atoms with Crippen molar-refractivity contribution in [3.05, 3.63) is 58.7 Å². The second-order valence-electron chi connectivity index (χ2n) is 5.83. The third-order valence-corrected chi connectivity index (χ3v) is 3.93. The fourth-order valence-corrected chi connectivity index (χ4v) is 2.42. The summed E-state index contributed by atoms with van der Waals surface area (Å²) in [6, 6.07) is 9.86. The van der Waals surface area contributed by atoms with Crippen LogP contribution in [0.15, 0.2) is 42.6 Å². The van der Waals surface area contributed by atoms with E-state index in [-0.39, 0.29) is 23.6 Å². The number of anilines is 1. The first-order valence-electron chi connectivity index (χ1n) is 7.68. The van der Waals surface area contributed by atoms with Gasteiger partial charge >= 0.3 is 0 Å². The standard InChI is InChI=1S/C18H20ClN3O2/c1-11(2)15(18(24)22-16-14(19)9-6-10-20-16)21-17(23)13-8-5-4-7-12(13)3/h4-11,15H,1-3H3,(H,21,23)(H,20,22,24). The molecule has 0 aliphatic rings. The van der Waals surface area contributed by atoms with Crippen molar-refractivity contribution in [3.8, 4) is 0 Å². The quantitative estimate of drug-likeness (QED) is 0.872. The third kappa shape index (κ3) is 4.32. The Bertz CT molecular complexity index is 747. The largest absolute Gasteiger partial charge is 0.340 e. The molecule has 126 valence electrons. The number of halogens is 1. The highest BCUT2D eigenvalue weighted by Gasteiger charge is 2.26. The molecule has 2 aromatic rings. The second-order valence-corrected chi connectivity index (χ2v) is 6.24. The van der Waals surface area contributed by atoms with Crippen LogP contribution in [-0.2, 0) is 4.79 Å². The van der Waals surface area contributed by atoms with Gasteiger partial charge in [-0.2, -0.15) is 0 Å². The van der Waals surface area contributed by atoms with Crippen LogP contribution in [0.5, 0.6) is 0 Å². The first kappa shape index (κ1) is 17.9. The van der Waals surface area contributed by atoms with Gasteiger partial charge in [0.15, 0.2) is 5.82 Å². The monoisotopic (exact) mass is 345 g/mol. The van der Waals surface area contributed by atoms with Crippen molar-refractivity contribution in [2.75, 3.05) is 5.32 Å². The minimum atomic E-state index is -0.699. The molecule has 0 aliphatic heterocycles. The summed E-state index contributed by atoms with van der Waals surface area (Å²) in [5.41, 5.74) is 1.40. The molecular formula is C18H20ClN3O2. The smallest absolute Gasteiger partial charge is 0.252 e. The number of aryl methyl sites for hydroxylation is 1. The van der Waals surface area contributed by atoms with Crippen molar-refractivity contribution in [3.63, 3.8) is 0 Å². The van der Waals surface area contributed by atoms with Gasteiger partial charge in [-0.25, -0.2) is 4.98 Å². The van der Waals surface area contributed by atoms with Crippen LogP contribution in [0.3, 0.4) is 0 Å². The molecule has 0 fully saturated rings. The summed E-state index contributed by atoms with van der Waals surface area (Å²) in [6.07, 6.45) is 1.54. The van der Waals surface area contributed by atoms with Gasteiger partial charge in [-0.1, -0.05) is 43.6 Å². The highest BCUT2D eigenvalue weighted by atomic mass is 35.5. The van der Waals surface area contributed by atoms with E-state index in [0.717, 1.165) is 5.56 Å². The topological polar surface area (TPSA) is 71.1 Å². The fourth-order valence-electron chi connectivity index (χ4n) is 2.25. The van der Waals surface area contributed by atoms with Gasteiger partial charge < -0.3 is 10.6 Å². The molecule has 0 saturated heterocycles. The highest BCUT2D eigenvalue weighted by Crippen LogP contribution is 2.18. The number of carbonyl (C=O) groups is 2. The molecule has 1 aromatic heterocycles. The Labute approximate surface area is 146 Å². The summed E-state index contributed by atoms with van der Waals surface area (Å²) >= 11 is 6.01. The normalized spacial score (nSPS) is 11.9. The Hall–Kier alpha value is -2.40. The van der Waals surface area contributed by atoms with Crippen molar-refractivity contribution in [2.45, 2.75) is 26.8 Å². The summed E-state index contributed by atoms with van der Waals surface area (Å²) in [5.74, 6) is -0.456.